The molecule has 3 heteroatoms. The molecule has 0 saturated carbocycles. The highest BCUT2D eigenvalue weighted by atomic mass is 79.9. The quantitative estimate of drug-likeness (QED) is 0.887. The number of nitrogens with zero attached hydrogens (tertiary/aromatic N) is 1. The van der Waals surface area contributed by atoms with E-state index in [2.05, 4.69) is 77.1 Å². The summed E-state index contributed by atoms with van der Waals surface area (Å²) in [5, 5.41) is 0. The lowest BCUT2D eigenvalue weighted by atomic mass is 10.1. The molecule has 0 fully saturated rings. The fraction of sp³-hybridized carbons (Fsp3) is 0.294. The van der Waals surface area contributed by atoms with Gasteiger partial charge in [-0.3, -0.25) is 0 Å². The van der Waals surface area contributed by atoms with Crippen molar-refractivity contribution in [1.29, 1.82) is 0 Å². The summed E-state index contributed by atoms with van der Waals surface area (Å²) in [5.74, 6) is 0. The fourth-order valence-corrected chi connectivity index (χ4v) is 2.81. The van der Waals surface area contributed by atoms with Crippen LogP contribution in [0.1, 0.15) is 23.6 Å². The van der Waals surface area contributed by atoms with Crippen molar-refractivity contribution in [1.82, 2.24) is 0 Å². The van der Waals surface area contributed by atoms with E-state index in [0.717, 1.165) is 23.1 Å². The van der Waals surface area contributed by atoms with Gasteiger partial charge in [0, 0.05) is 29.8 Å². The predicted octanol–water partition coefficient (Wildman–Crippen LogP) is 4.24. The maximum absolute atomic E-state index is 5.71. The third-order valence-electron chi connectivity index (χ3n) is 3.63. The summed E-state index contributed by atoms with van der Waals surface area (Å²) in [4.78, 5) is 2.37. The Morgan fingerprint density at radius 1 is 1.10 bits per heavy atom. The van der Waals surface area contributed by atoms with E-state index in [4.69, 9.17) is 5.73 Å². The second kappa shape index (κ2) is 6.91. The molecule has 0 saturated heterocycles. The van der Waals surface area contributed by atoms with Crippen LogP contribution < -0.4 is 10.6 Å². The number of aryl methyl sites for hydroxylation is 1. The second-order valence-corrected chi connectivity index (χ2v) is 5.77. The molecule has 2 rings (SSSR count). The highest BCUT2D eigenvalue weighted by molar-refractivity contribution is 9.10. The molecule has 20 heavy (non-hydrogen) atoms. The maximum Gasteiger partial charge on any atom is 0.0431 e. The van der Waals surface area contributed by atoms with Crippen LogP contribution in [0.15, 0.2) is 46.9 Å². The van der Waals surface area contributed by atoms with Crippen LogP contribution in [-0.2, 0) is 13.1 Å². The van der Waals surface area contributed by atoms with Crippen molar-refractivity contribution in [2.24, 2.45) is 5.73 Å². The number of hydrogen-bond donors (Lipinski definition) is 1. The van der Waals surface area contributed by atoms with E-state index in [1.54, 1.807) is 0 Å². The van der Waals surface area contributed by atoms with E-state index >= 15 is 0 Å². The average Bonchev–Trinajstić information content (AvgIpc) is 2.46. The van der Waals surface area contributed by atoms with Crippen molar-refractivity contribution in [2.75, 3.05) is 11.4 Å². The Labute approximate surface area is 129 Å². The van der Waals surface area contributed by atoms with Crippen molar-refractivity contribution in [3.05, 3.63) is 63.6 Å². The lowest BCUT2D eigenvalue weighted by Gasteiger charge is -2.25. The van der Waals surface area contributed by atoms with E-state index in [1.807, 2.05) is 0 Å². The van der Waals surface area contributed by atoms with Crippen LogP contribution in [0.5, 0.6) is 0 Å². The first-order chi connectivity index (χ1) is 9.65. The number of anilines is 1. The maximum atomic E-state index is 5.71. The van der Waals surface area contributed by atoms with Crippen molar-refractivity contribution in [2.45, 2.75) is 26.9 Å². The van der Waals surface area contributed by atoms with Crippen LogP contribution in [0, 0.1) is 6.92 Å². The van der Waals surface area contributed by atoms with Gasteiger partial charge in [-0.2, -0.15) is 0 Å². The molecule has 2 aromatic rings. The molecule has 2 nitrogen and oxygen atoms in total. The molecule has 0 aliphatic heterocycles. The van der Waals surface area contributed by atoms with Gasteiger partial charge < -0.3 is 10.6 Å². The van der Waals surface area contributed by atoms with Gasteiger partial charge in [0.2, 0.25) is 0 Å². The SMILES string of the molecule is CCN(Cc1ccccc1C)c1ccc(CN)c(Br)c1. The molecular weight excluding hydrogens is 312 g/mol. The van der Waals surface area contributed by atoms with Gasteiger partial charge in [0.25, 0.3) is 0 Å². The summed E-state index contributed by atoms with van der Waals surface area (Å²) >= 11 is 3.60. The third-order valence-corrected chi connectivity index (χ3v) is 4.36. The van der Waals surface area contributed by atoms with Gasteiger partial charge in [-0.05, 0) is 42.7 Å². The molecule has 0 spiro atoms. The number of benzene rings is 2. The Hall–Kier alpha value is -1.32. The molecular formula is C17H21BrN2. The Bertz CT molecular complexity index is 581. The zero-order valence-electron chi connectivity index (χ0n) is 12.1. The van der Waals surface area contributed by atoms with Gasteiger partial charge in [-0.1, -0.05) is 46.3 Å². The Balaban J connectivity index is 2.24. The van der Waals surface area contributed by atoms with Crippen LogP contribution in [0.3, 0.4) is 0 Å². The molecule has 0 aromatic heterocycles. The fourth-order valence-electron chi connectivity index (χ4n) is 2.28. The van der Waals surface area contributed by atoms with E-state index in [1.165, 1.54) is 16.8 Å². The van der Waals surface area contributed by atoms with Crippen LogP contribution in [0.4, 0.5) is 5.69 Å². The van der Waals surface area contributed by atoms with Crippen molar-refractivity contribution >= 4 is 21.6 Å². The summed E-state index contributed by atoms with van der Waals surface area (Å²) in [7, 11) is 0. The molecule has 0 amide bonds. The van der Waals surface area contributed by atoms with Crippen molar-refractivity contribution in [3.8, 4) is 0 Å². The third kappa shape index (κ3) is 3.41. The smallest absolute Gasteiger partial charge is 0.0431 e. The molecule has 0 aliphatic rings. The lowest BCUT2D eigenvalue weighted by molar-refractivity contribution is 0.826. The highest BCUT2D eigenvalue weighted by Crippen LogP contribution is 2.25. The van der Waals surface area contributed by atoms with E-state index in [9.17, 15) is 0 Å². The number of hydrogen-bond acceptors (Lipinski definition) is 2. The van der Waals surface area contributed by atoms with Gasteiger partial charge in [0.05, 0.1) is 0 Å². The second-order valence-electron chi connectivity index (χ2n) is 4.92. The molecule has 2 aromatic carbocycles. The first-order valence-electron chi connectivity index (χ1n) is 6.93. The van der Waals surface area contributed by atoms with Crippen molar-refractivity contribution in [3.63, 3.8) is 0 Å². The van der Waals surface area contributed by atoms with Crippen LogP contribution >= 0.6 is 15.9 Å². The Morgan fingerprint density at radius 2 is 1.85 bits per heavy atom. The van der Waals surface area contributed by atoms with E-state index in [-0.39, 0.29) is 0 Å². The topological polar surface area (TPSA) is 29.3 Å². The zero-order chi connectivity index (χ0) is 14.5. The molecule has 0 heterocycles. The van der Waals surface area contributed by atoms with E-state index in [0.29, 0.717) is 6.54 Å². The summed E-state index contributed by atoms with van der Waals surface area (Å²) < 4.78 is 1.08. The van der Waals surface area contributed by atoms with Crippen LogP contribution in [0.2, 0.25) is 0 Å². The molecule has 0 bridgehead atoms. The Kier molecular flexibility index (Phi) is 5.21. The minimum Gasteiger partial charge on any atom is -0.367 e. The standard InChI is InChI=1S/C17H21BrN2/c1-3-20(12-15-7-5-4-6-13(15)2)16-9-8-14(11-19)17(18)10-16/h4-10H,3,11-12,19H2,1-2H3. The van der Waals surface area contributed by atoms with Crippen LogP contribution in [-0.4, -0.2) is 6.54 Å². The molecule has 0 radical (unpaired) electrons. The van der Waals surface area contributed by atoms with Crippen LogP contribution in [0.25, 0.3) is 0 Å². The predicted molar refractivity (Wildman–Crippen MR) is 89.9 cm³/mol. The molecule has 2 N–H and O–H groups in total. The highest BCUT2D eigenvalue weighted by Gasteiger charge is 2.08. The first-order valence-corrected chi connectivity index (χ1v) is 7.73. The van der Waals surface area contributed by atoms with Gasteiger partial charge in [0.15, 0.2) is 0 Å². The largest absolute Gasteiger partial charge is 0.367 e. The molecule has 0 unspecified atom stereocenters. The number of halogens is 1. The first kappa shape index (κ1) is 15.1. The monoisotopic (exact) mass is 332 g/mol. The normalized spacial score (nSPS) is 10.6. The summed E-state index contributed by atoms with van der Waals surface area (Å²) in [6.45, 7) is 6.81. The lowest BCUT2D eigenvalue weighted by Crippen LogP contribution is -2.22. The number of nitrogens with two attached hydrogens (primary N) is 1. The van der Waals surface area contributed by atoms with Gasteiger partial charge >= 0.3 is 0 Å². The molecule has 106 valence electrons. The average molecular weight is 333 g/mol. The minimum atomic E-state index is 0.560. The minimum absolute atomic E-state index is 0.560. The molecule has 0 aliphatic carbocycles. The number of rotatable bonds is 5. The summed E-state index contributed by atoms with van der Waals surface area (Å²) in [6.07, 6.45) is 0. The van der Waals surface area contributed by atoms with Gasteiger partial charge in [-0.15, -0.1) is 0 Å². The van der Waals surface area contributed by atoms with Gasteiger partial charge in [-0.25, -0.2) is 0 Å². The molecule has 0 atom stereocenters. The zero-order valence-corrected chi connectivity index (χ0v) is 13.7. The summed E-state index contributed by atoms with van der Waals surface area (Å²) in [5.41, 5.74) is 10.8. The van der Waals surface area contributed by atoms with Gasteiger partial charge in [0.1, 0.15) is 0 Å². The summed E-state index contributed by atoms with van der Waals surface area (Å²) in [6, 6.07) is 14.9. The van der Waals surface area contributed by atoms with E-state index < -0.39 is 0 Å². The Morgan fingerprint density at radius 3 is 2.45 bits per heavy atom. The van der Waals surface area contributed by atoms with Crippen molar-refractivity contribution < 1.29 is 0 Å².